The van der Waals surface area contributed by atoms with Gasteiger partial charge in [0.2, 0.25) is 0 Å². The Hall–Kier alpha value is -1.88. The lowest BCUT2D eigenvalue weighted by atomic mass is 9.86. The molecule has 0 aromatic heterocycles. The Kier molecular flexibility index (Phi) is 6.79. The number of carbonyl (C=O) groups is 2. The van der Waals surface area contributed by atoms with E-state index in [4.69, 9.17) is 16.3 Å². The maximum atomic E-state index is 13.0. The molecule has 130 valence electrons. The van der Waals surface area contributed by atoms with E-state index in [-0.39, 0.29) is 23.6 Å². The molecule has 2 rings (SSSR count). The van der Waals surface area contributed by atoms with E-state index < -0.39 is 11.8 Å². The third kappa shape index (κ3) is 5.64. The first-order valence-electron chi connectivity index (χ1n) is 8.05. The predicted molar refractivity (Wildman–Crippen MR) is 91.0 cm³/mol. The summed E-state index contributed by atoms with van der Waals surface area (Å²) in [4.78, 5) is 23.5. The van der Waals surface area contributed by atoms with Gasteiger partial charge in [-0.2, -0.15) is 0 Å². The quantitative estimate of drug-likeness (QED) is 0.648. The van der Waals surface area contributed by atoms with Crippen LogP contribution in [0.4, 0.5) is 4.39 Å². The Morgan fingerprint density at radius 2 is 2.12 bits per heavy atom. The minimum Gasteiger partial charge on any atom is -0.452 e. The van der Waals surface area contributed by atoms with Crippen molar-refractivity contribution in [3.8, 4) is 0 Å². The molecule has 0 heterocycles. The summed E-state index contributed by atoms with van der Waals surface area (Å²) in [5, 5.41) is 2.89. The normalized spacial score (nSPS) is 20.8. The highest BCUT2D eigenvalue weighted by molar-refractivity contribution is 6.30. The minimum atomic E-state index is -0.637. The molecular weight excluding hydrogens is 333 g/mol. The zero-order valence-corrected chi connectivity index (χ0v) is 14.3. The van der Waals surface area contributed by atoms with Crippen molar-refractivity contribution in [3.63, 3.8) is 0 Å². The first-order chi connectivity index (χ1) is 11.5. The van der Waals surface area contributed by atoms with Gasteiger partial charge in [0.1, 0.15) is 5.82 Å². The first kappa shape index (κ1) is 18.5. The fraction of sp³-hybridized carbons (Fsp3) is 0.444. The van der Waals surface area contributed by atoms with Crippen molar-refractivity contribution in [2.75, 3.05) is 6.61 Å². The Labute approximate surface area is 146 Å². The molecule has 1 aliphatic rings. The largest absolute Gasteiger partial charge is 0.452 e. The molecule has 0 saturated heterocycles. The van der Waals surface area contributed by atoms with Gasteiger partial charge in [0.15, 0.2) is 6.61 Å². The number of benzene rings is 1. The summed E-state index contributed by atoms with van der Waals surface area (Å²) in [6, 6.07) is 4.26. The molecule has 1 saturated carbocycles. The maximum absolute atomic E-state index is 13.0. The number of nitrogens with one attached hydrogen (secondary N) is 1. The molecule has 1 aliphatic carbocycles. The average molecular weight is 354 g/mol. The summed E-state index contributed by atoms with van der Waals surface area (Å²) < 4.78 is 17.9. The van der Waals surface area contributed by atoms with Gasteiger partial charge < -0.3 is 10.1 Å². The number of amides is 1. The molecule has 0 unspecified atom stereocenters. The topological polar surface area (TPSA) is 55.4 Å². The number of ether oxygens (including phenoxy) is 1. The van der Waals surface area contributed by atoms with Crippen LogP contribution < -0.4 is 5.32 Å². The number of hydrogen-bond donors (Lipinski definition) is 1. The second-order valence-electron chi connectivity index (χ2n) is 6.05. The first-order valence-corrected chi connectivity index (χ1v) is 8.43. The summed E-state index contributed by atoms with van der Waals surface area (Å²) in [5.74, 6) is -1.01. The number of carbonyl (C=O) groups excluding carboxylic acids is 2. The van der Waals surface area contributed by atoms with Crippen molar-refractivity contribution in [2.45, 2.75) is 38.6 Å². The number of hydrogen-bond acceptors (Lipinski definition) is 3. The second-order valence-corrected chi connectivity index (χ2v) is 6.46. The van der Waals surface area contributed by atoms with E-state index in [9.17, 15) is 14.0 Å². The fourth-order valence-electron chi connectivity index (χ4n) is 2.74. The van der Waals surface area contributed by atoms with Crippen LogP contribution in [-0.4, -0.2) is 24.5 Å². The highest BCUT2D eigenvalue weighted by Gasteiger charge is 2.22. The molecule has 24 heavy (non-hydrogen) atoms. The van der Waals surface area contributed by atoms with E-state index in [1.54, 1.807) is 0 Å². The lowest BCUT2D eigenvalue weighted by molar-refractivity contribution is -0.144. The second kappa shape index (κ2) is 8.83. The maximum Gasteiger partial charge on any atom is 0.331 e. The van der Waals surface area contributed by atoms with Crippen LogP contribution in [0.1, 0.15) is 38.2 Å². The van der Waals surface area contributed by atoms with Crippen LogP contribution in [0.15, 0.2) is 24.3 Å². The third-order valence-corrected chi connectivity index (χ3v) is 4.45. The standard InChI is InChI=1S/C18H21ClFNO3/c1-12-4-2-3-5-16(12)21-17(22)11-24-18(23)9-7-13-6-8-15(20)14(19)10-13/h6-10,12,16H,2-5,11H2,1H3,(H,21,22)/b9-7+/t12-,16+/m0/s1. The van der Waals surface area contributed by atoms with Crippen LogP contribution in [0.3, 0.4) is 0 Å². The fourth-order valence-corrected chi connectivity index (χ4v) is 2.93. The van der Waals surface area contributed by atoms with E-state index in [0.717, 1.165) is 19.3 Å². The summed E-state index contributed by atoms with van der Waals surface area (Å²) in [5.41, 5.74) is 0.568. The monoisotopic (exact) mass is 353 g/mol. The van der Waals surface area contributed by atoms with Gasteiger partial charge in [-0.25, -0.2) is 9.18 Å². The van der Waals surface area contributed by atoms with Gasteiger partial charge in [0.05, 0.1) is 5.02 Å². The predicted octanol–water partition coefficient (Wildman–Crippen LogP) is 3.73. The lowest BCUT2D eigenvalue weighted by Gasteiger charge is -2.29. The van der Waals surface area contributed by atoms with E-state index in [2.05, 4.69) is 12.2 Å². The molecule has 1 amide bonds. The van der Waals surface area contributed by atoms with Crippen LogP contribution in [0.5, 0.6) is 0 Å². The highest BCUT2D eigenvalue weighted by atomic mass is 35.5. The van der Waals surface area contributed by atoms with Gasteiger partial charge in [-0.1, -0.05) is 37.4 Å². The Bertz CT molecular complexity index is 633. The Morgan fingerprint density at radius 1 is 1.38 bits per heavy atom. The van der Waals surface area contributed by atoms with E-state index in [0.29, 0.717) is 11.5 Å². The van der Waals surface area contributed by atoms with Gasteiger partial charge in [0, 0.05) is 12.1 Å². The molecule has 0 aliphatic heterocycles. The van der Waals surface area contributed by atoms with Crippen molar-refractivity contribution in [3.05, 3.63) is 40.7 Å². The minimum absolute atomic E-state index is 0.0218. The molecular formula is C18H21ClFNO3. The smallest absolute Gasteiger partial charge is 0.331 e. The van der Waals surface area contributed by atoms with Crippen molar-refractivity contribution in [1.82, 2.24) is 5.32 Å². The number of esters is 1. The van der Waals surface area contributed by atoms with Crippen LogP contribution in [-0.2, 0) is 14.3 Å². The molecule has 0 radical (unpaired) electrons. The lowest BCUT2D eigenvalue weighted by Crippen LogP contribution is -2.42. The van der Waals surface area contributed by atoms with Gasteiger partial charge in [-0.3, -0.25) is 4.79 Å². The van der Waals surface area contributed by atoms with Crippen LogP contribution in [0, 0.1) is 11.7 Å². The SMILES string of the molecule is C[C@H]1CCCC[C@H]1NC(=O)COC(=O)/C=C/c1ccc(F)c(Cl)c1. The van der Waals surface area contributed by atoms with Crippen LogP contribution >= 0.6 is 11.6 Å². The molecule has 1 aromatic carbocycles. The van der Waals surface area contributed by atoms with Gasteiger partial charge in [-0.15, -0.1) is 0 Å². The summed E-state index contributed by atoms with van der Waals surface area (Å²) in [7, 11) is 0. The molecule has 1 aromatic rings. The van der Waals surface area contributed by atoms with Crippen molar-refractivity contribution < 1.29 is 18.7 Å². The zero-order valence-electron chi connectivity index (χ0n) is 13.6. The number of rotatable bonds is 5. The average Bonchev–Trinajstić information content (AvgIpc) is 2.56. The van der Waals surface area contributed by atoms with Crippen molar-refractivity contribution in [2.24, 2.45) is 5.92 Å². The van der Waals surface area contributed by atoms with Gasteiger partial charge in [-0.05, 0) is 42.5 Å². The van der Waals surface area contributed by atoms with Gasteiger partial charge in [0.25, 0.3) is 5.91 Å². The third-order valence-electron chi connectivity index (χ3n) is 4.16. The van der Waals surface area contributed by atoms with E-state index in [1.807, 2.05) is 0 Å². The molecule has 1 fully saturated rings. The molecule has 0 bridgehead atoms. The summed E-state index contributed by atoms with van der Waals surface area (Å²) in [6.07, 6.45) is 7.01. The van der Waals surface area contributed by atoms with Crippen molar-refractivity contribution in [1.29, 1.82) is 0 Å². The molecule has 4 nitrogen and oxygen atoms in total. The Balaban J connectivity index is 1.76. The number of halogens is 2. The van der Waals surface area contributed by atoms with E-state index in [1.165, 1.54) is 36.8 Å². The molecule has 0 spiro atoms. The van der Waals surface area contributed by atoms with Crippen molar-refractivity contribution >= 4 is 29.6 Å². The zero-order chi connectivity index (χ0) is 17.5. The Morgan fingerprint density at radius 3 is 2.83 bits per heavy atom. The van der Waals surface area contributed by atoms with Gasteiger partial charge >= 0.3 is 5.97 Å². The summed E-state index contributed by atoms with van der Waals surface area (Å²) in [6.45, 7) is 1.81. The molecule has 1 N–H and O–H groups in total. The van der Waals surface area contributed by atoms with E-state index >= 15 is 0 Å². The van der Waals surface area contributed by atoms with Crippen LogP contribution in [0.25, 0.3) is 6.08 Å². The summed E-state index contributed by atoms with van der Waals surface area (Å²) >= 11 is 5.66. The molecule has 2 atom stereocenters. The molecule has 6 heteroatoms. The highest BCUT2D eigenvalue weighted by Crippen LogP contribution is 2.23. The van der Waals surface area contributed by atoms with Crippen LogP contribution in [0.2, 0.25) is 5.02 Å².